The van der Waals surface area contributed by atoms with Crippen LogP contribution in [0.25, 0.3) is 16.6 Å². The van der Waals surface area contributed by atoms with E-state index in [1.165, 1.54) is 22.7 Å². The Morgan fingerprint density at radius 2 is 1.97 bits per heavy atom. The number of hydrogen-bond donors (Lipinski definition) is 1. The number of ether oxygens (including phenoxy) is 1. The number of aryl methyl sites for hydroxylation is 1. The van der Waals surface area contributed by atoms with Crippen molar-refractivity contribution in [2.24, 2.45) is 5.92 Å². The molecule has 2 fully saturated rings. The molecular weight excluding hydrogens is 369 g/mol. The maximum absolute atomic E-state index is 14.0. The highest BCUT2D eigenvalue weighted by Gasteiger charge is 2.40. The van der Waals surface area contributed by atoms with Crippen LogP contribution in [0.3, 0.4) is 0 Å². The van der Waals surface area contributed by atoms with E-state index in [1.807, 2.05) is 24.3 Å². The van der Waals surface area contributed by atoms with Crippen molar-refractivity contribution in [1.82, 2.24) is 4.57 Å². The van der Waals surface area contributed by atoms with E-state index in [2.05, 4.69) is 16.7 Å². The Labute approximate surface area is 168 Å². The third kappa shape index (κ3) is 2.96. The molecule has 1 atom stereocenters. The number of carboxylic acids is 1. The standard InChI is InChI=1S/C24H24FNO3/c1-14-10-18(6-7-20(14)25)26-21-5-3-2-4-19(21)22(16-11-17(12-16)24(27)28)23(26)15-8-9-29-13-15/h2-7,10,15-17H,8-9,11-13H2,1H3,(H,27,28). The van der Waals surface area contributed by atoms with Gasteiger partial charge in [-0.25, -0.2) is 4.39 Å². The van der Waals surface area contributed by atoms with E-state index >= 15 is 0 Å². The first-order valence-corrected chi connectivity index (χ1v) is 10.2. The average molecular weight is 393 g/mol. The van der Waals surface area contributed by atoms with Gasteiger partial charge in [-0.1, -0.05) is 18.2 Å². The number of aromatic nitrogens is 1. The lowest BCUT2D eigenvalue weighted by molar-refractivity contribution is -0.145. The molecule has 2 heterocycles. The van der Waals surface area contributed by atoms with Gasteiger partial charge >= 0.3 is 5.97 Å². The van der Waals surface area contributed by atoms with Gasteiger partial charge in [0.15, 0.2) is 0 Å². The fraction of sp³-hybridized carbons (Fsp3) is 0.375. The van der Waals surface area contributed by atoms with Crippen LogP contribution in [0, 0.1) is 18.7 Å². The SMILES string of the molecule is Cc1cc(-n2c(C3CCOC3)c(C3CC(C(=O)O)C3)c3ccccc32)ccc1F. The Morgan fingerprint density at radius 3 is 2.66 bits per heavy atom. The lowest BCUT2D eigenvalue weighted by atomic mass is 9.70. The summed E-state index contributed by atoms with van der Waals surface area (Å²) >= 11 is 0. The Morgan fingerprint density at radius 1 is 1.17 bits per heavy atom. The van der Waals surface area contributed by atoms with Gasteiger partial charge in [0.05, 0.1) is 18.0 Å². The molecule has 4 nitrogen and oxygen atoms in total. The first kappa shape index (κ1) is 18.4. The van der Waals surface area contributed by atoms with Crippen molar-refractivity contribution in [2.75, 3.05) is 13.2 Å². The van der Waals surface area contributed by atoms with Crippen molar-refractivity contribution in [3.63, 3.8) is 0 Å². The number of aliphatic carboxylic acids is 1. The first-order valence-electron chi connectivity index (χ1n) is 10.2. The lowest BCUT2D eigenvalue weighted by Crippen LogP contribution is -2.29. The van der Waals surface area contributed by atoms with Crippen LogP contribution in [0.2, 0.25) is 0 Å². The highest BCUT2D eigenvalue weighted by Crippen LogP contribution is 2.49. The molecule has 1 saturated heterocycles. The maximum atomic E-state index is 14.0. The van der Waals surface area contributed by atoms with Crippen molar-refractivity contribution < 1.29 is 19.0 Å². The molecule has 1 aromatic heterocycles. The zero-order chi connectivity index (χ0) is 20.1. The molecule has 1 N–H and O–H groups in total. The van der Waals surface area contributed by atoms with E-state index in [-0.39, 0.29) is 23.6 Å². The fourth-order valence-corrected chi connectivity index (χ4v) is 4.97. The molecule has 0 spiro atoms. The van der Waals surface area contributed by atoms with Gasteiger partial charge in [-0.3, -0.25) is 4.79 Å². The second-order valence-corrected chi connectivity index (χ2v) is 8.35. The molecule has 150 valence electrons. The minimum atomic E-state index is -0.704. The quantitative estimate of drug-likeness (QED) is 0.666. The van der Waals surface area contributed by atoms with E-state index in [9.17, 15) is 14.3 Å². The molecule has 1 aliphatic heterocycles. The van der Waals surface area contributed by atoms with Crippen molar-refractivity contribution in [2.45, 2.75) is 38.0 Å². The molecule has 5 rings (SSSR count). The smallest absolute Gasteiger partial charge is 0.306 e. The van der Waals surface area contributed by atoms with Crippen molar-refractivity contribution in [3.8, 4) is 5.69 Å². The molecule has 29 heavy (non-hydrogen) atoms. The second-order valence-electron chi connectivity index (χ2n) is 8.35. The topological polar surface area (TPSA) is 51.5 Å². The predicted octanol–water partition coefficient (Wildman–Crippen LogP) is 5.16. The molecule has 1 unspecified atom stereocenters. The minimum absolute atomic E-state index is 0.209. The number of benzene rings is 2. The summed E-state index contributed by atoms with van der Waals surface area (Å²) in [6, 6.07) is 13.5. The Bertz CT molecular complexity index is 1090. The van der Waals surface area contributed by atoms with Crippen LogP contribution in [0.5, 0.6) is 0 Å². The van der Waals surface area contributed by atoms with Gasteiger partial charge in [-0.2, -0.15) is 0 Å². The van der Waals surface area contributed by atoms with Gasteiger partial charge < -0.3 is 14.4 Å². The van der Waals surface area contributed by atoms with Gasteiger partial charge in [0, 0.05) is 29.3 Å². The average Bonchev–Trinajstić information content (AvgIpc) is 3.29. The number of fused-ring (bicyclic) bond motifs is 1. The predicted molar refractivity (Wildman–Crippen MR) is 109 cm³/mol. The monoisotopic (exact) mass is 393 g/mol. The summed E-state index contributed by atoms with van der Waals surface area (Å²) in [5.74, 6) is -0.682. The van der Waals surface area contributed by atoms with Crippen LogP contribution < -0.4 is 0 Å². The molecule has 5 heteroatoms. The van der Waals surface area contributed by atoms with Crippen LogP contribution in [-0.4, -0.2) is 28.9 Å². The molecule has 2 aliphatic rings. The number of para-hydroxylation sites is 1. The fourth-order valence-electron chi connectivity index (χ4n) is 4.97. The van der Waals surface area contributed by atoms with Gasteiger partial charge in [0.25, 0.3) is 0 Å². The summed E-state index contributed by atoms with van der Waals surface area (Å²) in [6.07, 6.45) is 2.29. The number of hydrogen-bond acceptors (Lipinski definition) is 2. The van der Waals surface area contributed by atoms with Gasteiger partial charge in [0.2, 0.25) is 0 Å². The van der Waals surface area contributed by atoms with Crippen molar-refractivity contribution in [3.05, 3.63) is 65.1 Å². The zero-order valence-electron chi connectivity index (χ0n) is 16.4. The third-order valence-corrected chi connectivity index (χ3v) is 6.56. The summed E-state index contributed by atoms with van der Waals surface area (Å²) in [5.41, 5.74) is 5.13. The summed E-state index contributed by atoms with van der Waals surface area (Å²) in [4.78, 5) is 11.4. The highest BCUT2D eigenvalue weighted by molar-refractivity contribution is 5.89. The van der Waals surface area contributed by atoms with Crippen LogP contribution in [0.15, 0.2) is 42.5 Å². The van der Waals surface area contributed by atoms with Gasteiger partial charge in [-0.05, 0) is 67.5 Å². The Balaban J connectivity index is 1.74. The summed E-state index contributed by atoms with van der Waals surface area (Å²) in [6.45, 7) is 3.18. The van der Waals surface area contributed by atoms with Crippen molar-refractivity contribution >= 4 is 16.9 Å². The minimum Gasteiger partial charge on any atom is -0.481 e. The molecule has 0 radical (unpaired) electrons. The van der Waals surface area contributed by atoms with E-state index in [1.54, 1.807) is 6.92 Å². The summed E-state index contributed by atoms with van der Waals surface area (Å²) in [7, 11) is 0. The molecule has 1 saturated carbocycles. The second kappa shape index (κ2) is 6.99. The van der Waals surface area contributed by atoms with E-state index in [0.29, 0.717) is 25.0 Å². The summed E-state index contributed by atoms with van der Waals surface area (Å²) < 4.78 is 21.9. The number of carboxylic acid groups (broad SMARTS) is 1. The maximum Gasteiger partial charge on any atom is 0.306 e. The van der Waals surface area contributed by atoms with Gasteiger partial charge in [0.1, 0.15) is 5.82 Å². The van der Waals surface area contributed by atoms with Crippen molar-refractivity contribution in [1.29, 1.82) is 0 Å². The van der Waals surface area contributed by atoms with E-state index in [0.717, 1.165) is 24.2 Å². The van der Waals surface area contributed by atoms with Gasteiger partial charge in [-0.15, -0.1) is 0 Å². The first-order chi connectivity index (χ1) is 14.0. The molecule has 0 bridgehead atoms. The highest BCUT2D eigenvalue weighted by atomic mass is 19.1. The van der Waals surface area contributed by atoms with Crippen LogP contribution in [0.1, 0.15) is 47.9 Å². The van der Waals surface area contributed by atoms with E-state index in [4.69, 9.17) is 4.74 Å². The summed E-state index contributed by atoms with van der Waals surface area (Å²) in [5, 5.41) is 10.5. The van der Waals surface area contributed by atoms with Crippen LogP contribution in [-0.2, 0) is 9.53 Å². The molecular formula is C24H24FNO3. The number of carbonyl (C=O) groups is 1. The number of nitrogens with zero attached hydrogens (tertiary/aromatic N) is 1. The zero-order valence-corrected chi connectivity index (χ0v) is 16.4. The largest absolute Gasteiger partial charge is 0.481 e. The van der Waals surface area contributed by atoms with Crippen LogP contribution in [0.4, 0.5) is 4.39 Å². The molecule has 2 aromatic carbocycles. The molecule has 0 amide bonds. The normalized spacial score (nSPS) is 24.0. The Kier molecular flexibility index (Phi) is 4.43. The van der Waals surface area contributed by atoms with E-state index < -0.39 is 5.97 Å². The van der Waals surface area contributed by atoms with Crippen LogP contribution >= 0.6 is 0 Å². The Hall–Kier alpha value is -2.66. The number of rotatable bonds is 4. The lowest BCUT2D eigenvalue weighted by Gasteiger charge is -2.34. The molecule has 3 aromatic rings. The molecule has 1 aliphatic carbocycles. The number of halogens is 1. The third-order valence-electron chi connectivity index (χ3n) is 6.56.